The fourth-order valence-corrected chi connectivity index (χ4v) is 3.74. The molecule has 0 aromatic carbocycles. The summed E-state index contributed by atoms with van der Waals surface area (Å²) in [6.07, 6.45) is 5.23. The van der Waals surface area contributed by atoms with Crippen molar-refractivity contribution in [2.24, 2.45) is 5.41 Å². The molecular weight excluding hydrogens is 318 g/mol. The van der Waals surface area contributed by atoms with Gasteiger partial charge in [0.15, 0.2) is 5.65 Å². The molecule has 0 radical (unpaired) electrons. The lowest BCUT2D eigenvalue weighted by Crippen LogP contribution is -2.28. The van der Waals surface area contributed by atoms with E-state index in [0.717, 1.165) is 41.2 Å². The Morgan fingerprint density at radius 3 is 3.04 bits per heavy atom. The molecule has 1 atom stereocenters. The molecule has 0 saturated carbocycles. The van der Waals surface area contributed by atoms with Gasteiger partial charge in [0, 0.05) is 12.0 Å². The summed E-state index contributed by atoms with van der Waals surface area (Å²) in [5, 5.41) is 17.9. The van der Waals surface area contributed by atoms with Gasteiger partial charge in [-0.05, 0) is 24.8 Å². The number of furan rings is 1. The molecule has 3 aromatic heterocycles. The number of aliphatic hydroxyl groups excluding tert-OH is 1. The van der Waals surface area contributed by atoms with Gasteiger partial charge in [-0.2, -0.15) is 5.10 Å². The van der Waals surface area contributed by atoms with E-state index in [1.165, 1.54) is 11.9 Å². The van der Waals surface area contributed by atoms with Crippen LogP contribution < -0.4 is 5.32 Å². The normalized spacial score (nSPS) is 19.1. The molecule has 7 nitrogen and oxygen atoms in total. The van der Waals surface area contributed by atoms with Crippen molar-refractivity contribution in [3.8, 4) is 0 Å². The van der Waals surface area contributed by atoms with Crippen LogP contribution in [0.5, 0.6) is 0 Å². The van der Waals surface area contributed by atoms with Crippen LogP contribution in [0.4, 0.5) is 5.82 Å². The first-order chi connectivity index (χ1) is 12.0. The van der Waals surface area contributed by atoms with E-state index in [9.17, 15) is 0 Å². The van der Waals surface area contributed by atoms with E-state index in [-0.39, 0.29) is 18.1 Å². The van der Waals surface area contributed by atoms with E-state index in [2.05, 4.69) is 40.3 Å². The average molecular weight is 341 g/mol. The zero-order valence-corrected chi connectivity index (χ0v) is 14.8. The summed E-state index contributed by atoms with van der Waals surface area (Å²) in [5.74, 6) is 2.77. The van der Waals surface area contributed by atoms with Crippen LogP contribution in [-0.4, -0.2) is 31.5 Å². The number of hydrogen-bond acceptors (Lipinski definition) is 6. The van der Waals surface area contributed by atoms with Crippen molar-refractivity contribution in [2.45, 2.75) is 46.2 Å². The van der Waals surface area contributed by atoms with Gasteiger partial charge in [-0.25, -0.2) is 14.6 Å². The number of aryl methyl sites for hydroxylation is 1. The highest BCUT2D eigenvalue weighted by molar-refractivity contribution is 5.86. The van der Waals surface area contributed by atoms with Gasteiger partial charge in [-0.15, -0.1) is 0 Å². The SMILES string of the molecule is Cc1cc2c(o1)CC(C)(C)CC2Nc1ncnc2c1cnn2CCO. The fraction of sp³-hybridized carbons (Fsp3) is 0.500. The second kappa shape index (κ2) is 5.84. The van der Waals surface area contributed by atoms with Gasteiger partial charge in [0.05, 0.1) is 30.8 Å². The second-order valence-electron chi connectivity index (χ2n) is 7.53. The predicted molar refractivity (Wildman–Crippen MR) is 94.3 cm³/mol. The van der Waals surface area contributed by atoms with Crippen LogP contribution in [0.3, 0.4) is 0 Å². The maximum atomic E-state index is 9.17. The number of fused-ring (bicyclic) bond motifs is 2. The third kappa shape index (κ3) is 2.89. The maximum Gasteiger partial charge on any atom is 0.163 e. The lowest BCUT2D eigenvalue weighted by atomic mass is 9.74. The van der Waals surface area contributed by atoms with Gasteiger partial charge in [0.1, 0.15) is 23.7 Å². The molecule has 2 N–H and O–H groups in total. The summed E-state index contributed by atoms with van der Waals surface area (Å²) in [6, 6.07) is 2.26. The Kier molecular flexibility index (Phi) is 3.76. The summed E-state index contributed by atoms with van der Waals surface area (Å²) in [6.45, 7) is 6.96. The molecule has 3 heterocycles. The third-order valence-corrected chi connectivity index (χ3v) is 4.79. The minimum atomic E-state index is 0.0258. The molecule has 0 amide bonds. The minimum absolute atomic E-state index is 0.0258. The molecule has 3 aromatic rings. The lowest BCUT2D eigenvalue weighted by Gasteiger charge is -2.35. The Balaban J connectivity index is 1.71. The molecule has 132 valence electrons. The van der Waals surface area contributed by atoms with Crippen LogP contribution in [0.2, 0.25) is 0 Å². The van der Waals surface area contributed by atoms with E-state index in [4.69, 9.17) is 9.52 Å². The van der Waals surface area contributed by atoms with Crippen molar-refractivity contribution < 1.29 is 9.52 Å². The van der Waals surface area contributed by atoms with Crippen LogP contribution in [-0.2, 0) is 13.0 Å². The Morgan fingerprint density at radius 1 is 1.40 bits per heavy atom. The maximum absolute atomic E-state index is 9.17. The summed E-state index contributed by atoms with van der Waals surface area (Å²) >= 11 is 0. The first kappa shape index (κ1) is 16.1. The summed E-state index contributed by atoms with van der Waals surface area (Å²) in [5.41, 5.74) is 2.10. The molecule has 0 saturated heterocycles. The Bertz CT molecular complexity index is 911. The quantitative estimate of drug-likeness (QED) is 0.758. The Labute approximate surface area is 146 Å². The molecule has 4 rings (SSSR count). The number of anilines is 1. The van der Waals surface area contributed by atoms with Crippen LogP contribution in [0.1, 0.15) is 43.4 Å². The van der Waals surface area contributed by atoms with Gasteiger partial charge >= 0.3 is 0 Å². The van der Waals surface area contributed by atoms with Crippen molar-refractivity contribution in [1.82, 2.24) is 19.7 Å². The largest absolute Gasteiger partial charge is 0.466 e. The van der Waals surface area contributed by atoms with E-state index in [1.807, 2.05) is 6.92 Å². The van der Waals surface area contributed by atoms with Gasteiger partial charge in [0.25, 0.3) is 0 Å². The standard InChI is InChI=1S/C18H23N5O2/c1-11-6-12-14(7-18(2,3)8-15(12)25-11)22-16-13-9-21-23(4-5-24)17(13)20-10-19-16/h6,9-10,14,24H,4-5,7-8H2,1-3H3,(H,19,20,22). The van der Waals surface area contributed by atoms with Gasteiger partial charge in [-0.1, -0.05) is 13.8 Å². The molecule has 0 aliphatic heterocycles. The molecule has 1 aliphatic rings. The molecule has 1 aliphatic carbocycles. The fourth-order valence-electron chi connectivity index (χ4n) is 3.74. The second-order valence-corrected chi connectivity index (χ2v) is 7.53. The Morgan fingerprint density at radius 2 is 2.24 bits per heavy atom. The smallest absolute Gasteiger partial charge is 0.163 e. The molecule has 0 spiro atoms. The topological polar surface area (TPSA) is 89.0 Å². The third-order valence-electron chi connectivity index (χ3n) is 4.79. The Hall–Kier alpha value is -2.41. The number of aromatic nitrogens is 4. The zero-order valence-electron chi connectivity index (χ0n) is 14.8. The van der Waals surface area contributed by atoms with E-state index in [0.29, 0.717) is 6.54 Å². The first-order valence-electron chi connectivity index (χ1n) is 8.60. The summed E-state index contributed by atoms with van der Waals surface area (Å²) in [4.78, 5) is 8.74. The average Bonchev–Trinajstić information content (AvgIpc) is 3.11. The molecule has 0 bridgehead atoms. The van der Waals surface area contributed by atoms with Crippen molar-refractivity contribution in [1.29, 1.82) is 0 Å². The summed E-state index contributed by atoms with van der Waals surface area (Å²) < 4.78 is 7.61. The van der Waals surface area contributed by atoms with Crippen LogP contribution in [0, 0.1) is 12.3 Å². The highest BCUT2D eigenvalue weighted by atomic mass is 16.3. The zero-order chi connectivity index (χ0) is 17.6. The minimum Gasteiger partial charge on any atom is -0.466 e. The van der Waals surface area contributed by atoms with Crippen LogP contribution >= 0.6 is 0 Å². The van der Waals surface area contributed by atoms with Crippen LogP contribution in [0.25, 0.3) is 11.0 Å². The van der Waals surface area contributed by atoms with E-state index in [1.54, 1.807) is 10.9 Å². The number of hydrogen-bond donors (Lipinski definition) is 2. The predicted octanol–water partition coefficient (Wildman–Crippen LogP) is 2.85. The summed E-state index contributed by atoms with van der Waals surface area (Å²) in [7, 11) is 0. The lowest BCUT2D eigenvalue weighted by molar-refractivity contribution is 0.261. The highest BCUT2D eigenvalue weighted by Gasteiger charge is 2.35. The number of nitrogens with zero attached hydrogens (tertiary/aromatic N) is 4. The van der Waals surface area contributed by atoms with Gasteiger partial charge in [-0.3, -0.25) is 0 Å². The number of rotatable bonds is 4. The van der Waals surface area contributed by atoms with Crippen molar-refractivity contribution in [2.75, 3.05) is 11.9 Å². The molecular formula is C18H23N5O2. The van der Waals surface area contributed by atoms with Crippen molar-refractivity contribution in [3.63, 3.8) is 0 Å². The number of nitrogens with one attached hydrogen (secondary N) is 1. The van der Waals surface area contributed by atoms with E-state index < -0.39 is 0 Å². The molecule has 25 heavy (non-hydrogen) atoms. The molecule has 7 heteroatoms. The highest BCUT2D eigenvalue weighted by Crippen LogP contribution is 2.43. The van der Waals surface area contributed by atoms with Crippen LogP contribution in [0.15, 0.2) is 23.0 Å². The monoisotopic (exact) mass is 341 g/mol. The molecule has 1 unspecified atom stereocenters. The molecule has 0 fully saturated rings. The number of aliphatic hydroxyl groups is 1. The van der Waals surface area contributed by atoms with Crippen molar-refractivity contribution >= 4 is 16.9 Å². The van der Waals surface area contributed by atoms with Crippen molar-refractivity contribution in [3.05, 3.63) is 35.7 Å². The van der Waals surface area contributed by atoms with E-state index >= 15 is 0 Å². The first-order valence-corrected chi connectivity index (χ1v) is 8.60. The van der Waals surface area contributed by atoms with Gasteiger partial charge in [0.2, 0.25) is 0 Å². The van der Waals surface area contributed by atoms with Gasteiger partial charge < -0.3 is 14.8 Å².